The zero-order chi connectivity index (χ0) is 37.7. The van der Waals surface area contributed by atoms with Gasteiger partial charge in [0.05, 0.1) is 5.39 Å². The van der Waals surface area contributed by atoms with E-state index < -0.39 is 0 Å². The van der Waals surface area contributed by atoms with Gasteiger partial charge >= 0.3 is 0 Å². The highest BCUT2D eigenvalue weighted by Crippen LogP contribution is 2.42. The van der Waals surface area contributed by atoms with Gasteiger partial charge in [-0.15, -0.1) is 0 Å². The average molecular weight is 733 g/mol. The molecule has 2 N–H and O–H groups in total. The van der Waals surface area contributed by atoms with Crippen LogP contribution in [0, 0.1) is 0 Å². The fourth-order valence-corrected chi connectivity index (χ4v) is 8.38. The van der Waals surface area contributed by atoms with E-state index in [1.807, 2.05) is 30.5 Å². The number of aliphatic imine (C=N–C) groups is 1. The number of aromatic nitrogens is 1. The Labute approximate surface area is 330 Å². The van der Waals surface area contributed by atoms with E-state index in [-0.39, 0.29) is 12.3 Å². The van der Waals surface area contributed by atoms with Crippen molar-refractivity contribution in [2.75, 3.05) is 0 Å². The molecule has 8 aromatic carbocycles. The Kier molecular flexibility index (Phi) is 7.97. The first kappa shape index (κ1) is 33.0. The maximum Gasteiger partial charge on any atom is 0.153 e. The van der Waals surface area contributed by atoms with Gasteiger partial charge in [0.15, 0.2) is 5.58 Å². The van der Waals surface area contributed by atoms with Crippen molar-refractivity contribution >= 4 is 49.4 Å². The lowest BCUT2D eigenvalue weighted by molar-refractivity contribution is 0.409. The van der Waals surface area contributed by atoms with E-state index in [1.54, 1.807) is 0 Å². The Bertz CT molecular complexity index is 3130. The molecular weight excluding hydrogens is 697 g/mol. The summed E-state index contributed by atoms with van der Waals surface area (Å²) < 4.78 is 6.54. The molecule has 1 aliphatic rings. The van der Waals surface area contributed by atoms with Gasteiger partial charge in [-0.05, 0) is 96.4 Å². The molecule has 0 saturated carbocycles. The van der Waals surface area contributed by atoms with Crippen molar-refractivity contribution in [2.24, 2.45) is 4.99 Å². The van der Waals surface area contributed by atoms with Gasteiger partial charge in [-0.3, -0.25) is 10.3 Å². The summed E-state index contributed by atoms with van der Waals surface area (Å²) >= 11 is 0. The number of pyridine rings is 1. The first-order valence-corrected chi connectivity index (χ1v) is 19.4. The van der Waals surface area contributed by atoms with Crippen LogP contribution < -0.4 is 10.6 Å². The van der Waals surface area contributed by atoms with Gasteiger partial charge in [0.2, 0.25) is 0 Å². The normalized spacial score (nSPS) is 15.5. The first-order valence-electron chi connectivity index (χ1n) is 19.4. The second-order valence-electron chi connectivity index (χ2n) is 14.6. The summed E-state index contributed by atoms with van der Waals surface area (Å²) in [4.78, 5) is 10.2. The van der Waals surface area contributed by atoms with Crippen molar-refractivity contribution in [1.82, 2.24) is 15.6 Å². The summed E-state index contributed by atoms with van der Waals surface area (Å²) in [5.41, 5.74) is 12.5. The standard InChI is InChI=1S/C52H36N4O/c1-3-12-33(13-4-1)35-21-23-36(24-22-35)40-31-45(48-47(32-40)57-46-20-11-29-53-49(46)48)43-27-28-44(42-19-10-9-18-41(42)43)52-55-50(37-15-5-2-6-16-37)54-51(56-52)39-26-25-34-14-7-8-17-38(34)30-39/h1-32,50-51,54H,(H,55,56). The molecule has 5 nitrogen and oxygen atoms in total. The predicted molar refractivity (Wildman–Crippen MR) is 234 cm³/mol. The smallest absolute Gasteiger partial charge is 0.153 e. The average Bonchev–Trinajstić information content (AvgIpc) is 3.67. The lowest BCUT2D eigenvalue weighted by Crippen LogP contribution is -2.45. The van der Waals surface area contributed by atoms with E-state index in [1.165, 1.54) is 21.9 Å². The molecule has 0 bridgehead atoms. The van der Waals surface area contributed by atoms with Crippen LogP contribution in [0.25, 0.3) is 77.0 Å². The van der Waals surface area contributed by atoms with Crippen molar-refractivity contribution in [3.8, 4) is 33.4 Å². The highest BCUT2D eigenvalue weighted by molar-refractivity contribution is 6.18. The van der Waals surface area contributed by atoms with E-state index >= 15 is 0 Å². The van der Waals surface area contributed by atoms with E-state index in [0.29, 0.717) is 0 Å². The molecule has 0 fully saturated rings. The molecule has 11 rings (SSSR count). The number of hydrogen-bond donors (Lipinski definition) is 2. The van der Waals surface area contributed by atoms with E-state index in [0.717, 1.165) is 77.6 Å². The molecule has 5 heteroatoms. The third-order valence-corrected chi connectivity index (χ3v) is 11.2. The monoisotopic (exact) mass is 732 g/mol. The van der Waals surface area contributed by atoms with Crippen LogP contribution >= 0.6 is 0 Å². The summed E-state index contributed by atoms with van der Waals surface area (Å²) in [6.07, 6.45) is 1.43. The number of nitrogens with one attached hydrogen (secondary N) is 2. The van der Waals surface area contributed by atoms with Crippen LogP contribution in [0.1, 0.15) is 29.0 Å². The third-order valence-electron chi connectivity index (χ3n) is 11.2. The van der Waals surface area contributed by atoms with Crippen molar-refractivity contribution in [1.29, 1.82) is 0 Å². The van der Waals surface area contributed by atoms with Gasteiger partial charge in [0, 0.05) is 11.8 Å². The Hall–Kier alpha value is -7.34. The molecule has 57 heavy (non-hydrogen) atoms. The van der Waals surface area contributed by atoms with Gasteiger partial charge < -0.3 is 9.73 Å². The first-order chi connectivity index (χ1) is 28.2. The van der Waals surface area contributed by atoms with Crippen molar-refractivity contribution in [2.45, 2.75) is 12.3 Å². The summed E-state index contributed by atoms with van der Waals surface area (Å²) in [5.74, 6) is 0.844. The minimum Gasteiger partial charge on any atom is -0.454 e. The van der Waals surface area contributed by atoms with Gasteiger partial charge in [-0.2, -0.15) is 0 Å². The van der Waals surface area contributed by atoms with E-state index in [2.05, 4.69) is 174 Å². The Morgan fingerprint density at radius 2 is 1.12 bits per heavy atom. The molecule has 0 saturated heterocycles. The Balaban J connectivity index is 1.06. The number of furan rings is 1. The third kappa shape index (κ3) is 5.93. The topological polar surface area (TPSA) is 62.5 Å². The summed E-state index contributed by atoms with van der Waals surface area (Å²) in [5, 5.41) is 13.3. The maximum atomic E-state index is 6.54. The fourth-order valence-electron chi connectivity index (χ4n) is 8.38. The largest absolute Gasteiger partial charge is 0.454 e. The second kappa shape index (κ2) is 13.7. The number of rotatable bonds is 6. The van der Waals surface area contributed by atoms with Gasteiger partial charge in [-0.25, -0.2) is 4.99 Å². The molecule has 0 aliphatic carbocycles. The number of nitrogens with zero attached hydrogens (tertiary/aromatic N) is 2. The van der Waals surface area contributed by atoms with Crippen LogP contribution in [0.15, 0.2) is 204 Å². The van der Waals surface area contributed by atoms with Gasteiger partial charge in [-0.1, -0.05) is 158 Å². The van der Waals surface area contributed by atoms with Crippen LogP contribution in [0.4, 0.5) is 0 Å². The quantitative estimate of drug-likeness (QED) is 0.179. The summed E-state index contributed by atoms with van der Waals surface area (Å²) in [7, 11) is 0. The van der Waals surface area contributed by atoms with Crippen LogP contribution in [0.5, 0.6) is 0 Å². The van der Waals surface area contributed by atoms with Crippen molar-refractivity contribution in [3.63, 3.8) is 0 Å². The summed E-state index contributed by atoms with van der Waals surface area (Å²) in [6, 6.07) is 66.4. The van der Waals surface area contributed by atoms with E-state index in [4.69, 9.17) is 14.4 Å². The lowest BCUT2D eigenvalue weighted by Gasteiger charge is -2.32. The van der Waals surface area contributed by atoms with Crippen molar-refractivity contribution in [3.05, 3.63) is 211 Å². The second-order valence-corrected chi connectivity index (χ2v) is 14.6. The molecule has 0 spiro atoms. The molecule has 2 aromatic heterocycles. The number of amidine groups is 1. The van der Waals surface area contributed by atoms with Gasteiger partial charge in [0.25, 0.3) is 0 Å². The molecule has 3 heterocycles. The minimum atomic E-state index is -0.245. The van der Waals surface area contributed by atoms with Crippen LogP contribution in [-0.2, 0) is 0 Å². The van der Waals surface area contributed by atoms with E-state index in [9.17, 15) is 0 Å². The predicted octanol–water partition coefficient (Wildman–Crippen LogP) is 12.6. The molecular formula is C52H36N4O. The number of hydrogen-bond acceptors (Lipinski definition) is 5. The Morgan fingerprint density at radius 1 is 0.456 bits per heavy atom. The van der Waals surface area contributed by atoms with Crippen LogP contribution in [0.2, 0.25) is 0 Å². The molecule has 0 amide bonds. The molecule has 270 valence electrons. The van der Waals surface area contributed by atoms with Crippen LogP contribution in [-0.4, -0.2) is 10.8 Å². The lowest BCUT2D eigenvalue weighted by atomic mass is 9.90. The van der Waals surface area contributed by atoms with Gasteiger partial charge in [0.1, 0.15) is 29.3 Å². The Morgan fingerprint density at radius 3 is 1.93 bits per heavy atom. The molecule has 2 unspecified atom stereocenters. The molecule has 1 aliphatic heterocycles. The molecule has 0 radical (unpaired) electrons. The number of benzene rings is 8. The highest BCUT2D eigenvalue weighted by Gasteiger charge is 2.27. The zero-order valence-corrected chi connectivity index (χ0v) is 30.9. The number of fused-ring (bicyclic) bond motifs is 5. The highest BCUT2D eigenvalue weighted by atomic mass is 16.3. The minimum absolute atomic E-state index is 0.168. The van der Waals surface area contributed by atoms with Crippen LogP contribution in [0.3, 0.4) is 0 Å². The molecule has 2 atom stereocenters. The fraction of sp³-hybridized carbons (Fsp3) is 0.0385. The molecule has 10 aromatic rings. The summed E-state index contributed by atoms with van der Waals surface area (Å²) in [6.45, 7) is 0. The SMILES string of the molecule is c1ccc(-c2ccc(-c3cc(-c4ccc(C5=NC(c6ccccc6)NC(c6ccc7ccccc7c6)N5)c5ccccc45)c4c(c3)oc3cccnc34)cc2)cc1. The maximum absolute atomic E-state index is 6.54. The zero-order valence-electron chi connectivity index (χ0n) is 30.9. The van der Waals surface area contributed by atoms with Crippen molar-refractivity contribution < 1.29 is 4.42 Å².